The minimum atomic E-state index is 0.520. The van der Waals surface area contributed by atoms with Crippen LogP contribution in [0.3, 0.4) is 0 Å². The zero-order valence-corrected chi connectivity index (χ0v) is 6.75. The molecule has 1 radical (unpaired) electrons. The zero-order valence-electron chi connectivity index (χ0n) is 5.99. The third-order valence-corrected chi connectivity index (χ3v) is 1.61. The molecule has 59 valence electrons. The molecular weight excluding hydrogens is 176 g/mol. The third kappa shape index (κ3) is 1.31. The van der Waals surface area contributed by atoms with E-state index in [-0.39, 0.29) is 0 Å². The van der Waals surface area contributed by atoms with Crippen LogP contribution in [0.4, 0.5) is 0 Å². The van der Waals surface area contributed by atoms with Crippen LogP contribution in [-0.2, 0) is 0 Å². The number of aromatic nitrogens is 2. The molecule has 0 unspecified atom stereocenters. The summed E-state index contributed by atoms with van der Waals surface area (Å²) in [7, 11) is 0. The molecule has 0 atom stereocenters. The van der Waals surface area contributed by atoms with Gasteiger partial charge < -0.3 is 4.52 Å². The van der Waals surface area contributed by atoms with Gasteiger partial charge in [-0.15, -0.1) is 0 Å². The molecule has 0 fully saturated rings. The normalized spacial score (nSPS) is 10.1. The van der Waals surface area contributed by atoms with Crippen molar-refractivity contribution in [1.82, 2.24) is 10.1 Å². The molecule has 2 aromatic rings. The van der Waals surface area contributed by atoms with Gasteiger partial charge in [0.1, 0.15) is 0 Å². The van der Waals surface area contributed by atoms with E-state index >= 15 is 0 Å². The molecule has 3 nitrogen and oxygen atoms in total. The molecule has 1 heterocycles. The third-order valence-electron chi connectivity index (χ3n) is 1.38. The van der Waals surface area contributed by atoms with Crippen molar-refractivity contribution < 1.29 is 4.52 Å². The lowest BCUT2D eigenvalue weighted by atomic mass is 10.2. The first kappa shape index (κ1) is 7.31. The van der Waals surface area contributed by atoms with Gasteiger partial charge in [0.2, 0.25) is 12.2 Å². The lowest BCUT2D eigenvalue weighted by Gasteiger charge is -1.91. The van der Waals surface area contributed by atoms with Gasteiger partial charge >= 0.3 is 0 Å². The Morgan fingerprint density at radius 2 is 2.33 bits per heavy atom. The Bertz CT molecular complexity index is 355. The number of nitrogens with zero attached hydrogens (tertiary/aromatic N) is 2. The zero-order chi connectivity index (χ0) is 8.39. The van der Waals surface area contributed by atoms with E-state index in [1.807, 2.05) is 0 Å². The molecule has 1 aromatic heterocycles. The van der Waals surface area contributed by atoms with E-state index in [1.54, 1.807) is 18.2 Å². The first-order valence-corrected chi connectivity index (χ1v) is 3.68. The maximum Gasteiger partial charge on any atom is 0.214 e. The topological polar surface area (TPSA) is 38.9 Å². The van der Waals surface area contributed by atoms with E-state index in [4.69, 9.17) is 11.6 Å². The lowest BCUT2D eigenvalue weighted by Crippen LogP contribution is -1.78. The average Bonchev–Trinajstić information content (AvgIpc) is 2.58. The van der Waals surface area contributed by atoms with Crippen molar-refractivity contribution in [1.29, 1.82) is 0 Å². The first-order chi connectivity index (χ1) is 5.86. The van der Waals surface area contributed by atoms with Crippen molar-refractivity contribution in [3.8, 4) is 11.4 Å². The molecule has 0 aliphatic carbocycles. The van der Waals surface area contributed by atoms with E-state index in [9.17, 15) is 0 Å². The van der Waals surface area contributed by atoms with E-state index in [0.717, 1.165) is 5.56 Å². The van der Waals surface area contributed by atoms with Crippen LogP contribution in [0.5, 0.6) is 0 Å². The highest BCUT2D eigenvalue weighted by Gasteiger charge is 2.01. The summed E-state index contributed by atoms with van der Waals surface area (Å²) in [4.78, 5) is 3.86. The van der Waals surface area contributed by atoms with E-state index in [1.165, 1.54) is 6.39 Å². The molecular formula is C8H4ClN2O. The summed E-state index contributed by atoms with van der Waals surface area (Å²) in [6, 6.07) is 8.12. The summed E-state index contributed by atoms with van der Waals surface area (Å²) in [5.41, 5.74) is 0.771. The summed E-state index contributed by atoms with van der Waals surface area (Å²) >= 11 is 5.68. The van der Waals surface area contributed by atoms with Crippen LogP contribution >= 0.6 is 11.6 Å². The Kier molecular flexibility index (Phi) is 1.80. The van der Waals surface area contributed by atoms with Gasteiger partial charge in [-0.25, -0.2) is 0 Å². The Hall–Kier alpha value is -1.35. The fourth-order valence-corrected chi connectivity index (χ4v) is 0.952. The van der Waals surface area contributed by atoms with Crippen molar-refractivity contribution >= 4 is 11.6 Å². The van der Waals surface area contributed by atoms with Crippen molar-refractivity contribution in [3.05, 3.63) is 35.7 Å². The molecule has 1 aromatic carbocycles. The van der Waals surface area contributed by atoms with E-state index < -0.39 is 0 Å². The lowest BCUT2D eigenvalue weighted by molar-refractivity contribution is 0.419. The highest BCUT2D eigenvalue weighted by molar-refractivity contribution is 6.30. The Morgan fingerprint density at radius 3 is 2.92 bits per heavy atom. The minimum Gasteiger partial charge on any atom is -0.342 e. The highest BCUT2D eigenvalue weighted by Crippen LogP contribution is 2.16. The Balaban J connectivity index is 2.43. The molecule has 0 amide bonds. The molecule has 0 N–H and O–H groups in total. The summed E-state index contributed by atoms with van der Waals surface area (Å²) < 4.78 is 4.59. The van der Waals surface area contributed by atoms with Gasteiger partial charge in [0.05, 0.1) is 0 Å². The second-order valence-electron chi connectivity index (χ2n) is 2.18. The van der Waals surface area contributed by atoms with Gasteiger partial charge in [0, 0.05) is 10.6 Å². The van der Waals surface area contributed by atoms with Gasteiger partial charge in [-0.2, -0.15) is 4.98 Å². The van der Waals surface area contributed by atoms with E-state index in [2.05, 4.69) is 20.7 Å². The first-order valence-electron chi connectivity index (χ1n) is 3.30. The van der Waals surface area contributed by atoms with Crippen LogP contribution in [0.2, 0.25) is 5.02 Å². The monoisotopic (exact) mass is 179 g/mol. The largest absolute Gasteiger partial charge is 0.342 e. The molecule has 0 bridgehead atoms. The van der Waals surface area contributed by atoms with Gasteiger partial charge in [-0.3, -0.25) is 0 Å². The van der Waals surface area contributed by atoms with E-state index in [0.29, 0.717) is 10.8 Å². The molecule has 0 aliphatic rings. The summed E-state index contributed by atoms with van der Waals surface area (Å²) in [5.74, 6) is 0.520. The Labute approximate surface area is 74.0 Å². The fraction of sp³-hybridized carbons (Fsp3) is 0. The van der Waals surface area contributed by atoms with Crippen LogP contribution in [0.15, 0.2) is 29.1 Å². The summed E-state index contributed by atoms with van der Waals surface area (Å²) in [6.45, 7) is 0. The summed E-state index contributed by atoms with van der Waals surface area (Å²) in [5, 5.41) is 4.30. The predicted octanol–water partition coefficient (Wildman–Crippen LogP) is 2.19. The van der Waals surface area contributed by atoms with Crippen molar-refractivity contribution in [3.63, 3.8) is 0 Å². The van der Waals surface area contributed by atoms with Gasteiger partial charge in [-0.1, -0.05) is 16.8 Å². The van der Waals surface area contributed by atoms with Crippen LogP contribution in [0.25, 0.3) is 11.4 Å². The molecule has 12 heavy (non-hydrogen) atoms. The van der Waals surface area contributed by atoms with Crippen LogP contribution in [0.1, 0.15) is 0 Å². The number of hydrogen-bond acceptors (Lipinski definition) is 3. The molecule has 0 spiro atoms. The quantitative estimate of drug-likeness (QED) is 0.674. The molecule has 0 saturated heterocycles. The standard InChI is InChI=1S/C8H4ClN2O/c9-7-3-1-6(2-4-7)8-10-5-12-11-8/h1,3-5H. The second kappa shape index (κ2) is 2.95. The Morgan fingerprint density at radius 1 is 1.42 bits per heavy atom. The highest BCUT2D eigenvalue weighted by atomic mass is 35.5. The molecule has 2 rings (SSSR count). The average molecular weight is 180 g/mol. The maximum atomic E-state index is 5.68. The number of halogens is 1. The number of rotatable bonds is 1. The molecule has 0 saturated carbocycles. The SMILES string of the molecule is Clc1c[c]c(-c2ncon2)cc1. The van der Waals surface area contributed by atoms with Crippen molar-refractivity contribution in [2.45, 2.75) is 0 Å². The van der Waals surface area contributed by atoms with Crippen molar-refractivity contribution in [2.75, 3.05) is 0 Å². The van der Waals surface area contributed by atoms with Gasteiger partial charge in [0.15, 0.2) is 0 Å². The summed E-state index contributed by atoms with van der Waals surface area (Å²) in [6.07, 6.45) is 1.28. The number of hydrogen-bond donors (Lipinski definition) is 0. The number of benzene rings is 1. The van der Waals surface area contributed by atoms with Gasteiger partial charge in [0.25, 0.3) is 0 Å². The fourth-order valence-electron chi connectivity index (χ4n) is 0.834. The smallest absolute Gasteiger partial charge is 0.214 e. The van der Waals surface area contributed by atoms with Crippen LogP contribution in [-0.4, -0.2) is 10.1 Å². The van der Waals surface area contributed by atoms with Crippen LogP contribution in [0, 0.1) is 6.07 Å². The predicted molar refractivity (Wildman–Crippen MR) is 43.6 cm³/mol. The minimum absolute atomic E-state index is 0.520. The van der Waals surface area contributed by atoms with Gasteiger partial charge in [-0.05, 0) is 24.3 Å². The maximum absolute atomic E-state index is 5.68. The molecule has 4 heteroatoms. The second-order valence-corrected chi connectivity index (χ2v) is 2.61. The van der Waals surface area contributed by atoms with Crippen molar-refractivity contribution in [2.24, 2.45) is 0 Å². The van der Waals surface area contributed by atoms with Crippen LogP contribution < -0.4 is 0 Å². The molecule has 0 aliphatic heterocycles.